The number of aliphatic hydroxyl groups is 1. The molecule has 1 aliphatic carbocycles. The number of aromatic nitrogens is 2. The number of para-hydroxylation sites is 1. The first kappa shape index (κ1) is 15.3. The molecule has 1 aromatic heterocycles. The first-order valence-electron chi connectivity index (χ1n) is 8.64. The van der Waals surface area contributed by atoms with Crippen LogP contribution in [0.1, 0.15) is 50.8 Å². The number of aliphatic hydroxyl groups excluding tert-OH is 1. The molecule has 1 aromatic carbocycles. The maximum Gasteiger partial charge on any atom is 0.112 e. The summed E-state index contributed by atoms with van der Waals surface area (Å²) < 4.78 is 2.25. The lowest BCUT2D eigenvalue weighted by molar-refractivity contribution is 0.279. The largest absolute Gasteiger partial charge is 0.397 e. The Morgan fingerprint density at radius 3 is 2.82 bits per heavy atom. The molecule has 1 saturated carbocycles. The summed E-state index contributed by atoms with van der Waals surface area (Å²) >= 11 is 0. The molecule has 0 aliphatic heterocycles. The monoisotopic (exact) mass is 301 g/mol. The van der Waals surface area contributed by atoms with Crippen molar-refractivity contribution in [1.82, 2.24) is 9.55 Å². The van der Waals surface area contributed by atoms with E-state index in [-0.39, 0.29) is 6.61 Å². The van der Waals surface area contributed by atoms with Gasteiger partial charge in [-0.15, -0.1) is 0 Å². The third kappa shape index (κ3) is 3.27. The van der Waals surface area contributed by atoms with Crippen molar-refractivity contribution >= 4 is 16.7 Å². The van der Waals surface area contributed by atoms with E-state index in [1.165, 1.54) is 38.5 Å². The van der Waals surface area contributed by atoms with Gasteiger partial charge in [-0.1, -0.05) is 38.2 Å². The van der Waals surface area contributed by atoms with Gasteiger partial charge in [-0.25, -0.2) is 4.98 Å². The number of anilines is 1. The van der Waals surface area contributed by atoms with Gasteiger partial charge >= 0.3 is 0 Å². The van der Waals surface area contributed by atoms with Crippen LogP contribution in [0, 0.1) is 5.92 Å². The summed E-state index contributed by atoms with van der Waals surface area (Å²) in [5.74, 6) is 1.99. The fourth-order valence-corrected chi connectivity index (χ4v) is 3.69. The first-order chi connectivity index (χ1) is 10.8. The van der Waals surface area contributed by atoms with Crippen LogP contribution >= 0.6 is 0 Å². The second-order valence-corrected chi connectivity index (χ2v) is 6.51. The zero-order valence-corrected chi connectivity index (χ0v) is 13.3. The van der Waals surface area contributed by atoms with E-state index in [0.717, 1.165) is 47.8 Å². The van der Waals surface area contributed by atoms with E-state index >= 15 is 0 Å². The number of fused-ring (bicyclic) bond motifs is 1. The minimum atomic E-state index is 0.212. The molecular weight excluding hydrogens is 274 g/mol. The predicted octanol–water partition coefficient (Wildman–Crippen LogP) is 3.51. The molecule has 0 atom stereocenters. The second kappa shape index (κ2) is 7.14. The van der Waals surface area contributed by atoms with Crippen molar-refractivity contribution in [3.63, 3.8) is 0 Å². The fourth-order valence-electron chi connectivity index (χ4n) is 3.69. The molecular formula is C18H27N3O. The zero-order chi connectivity index (χ0) is 15.4. The summed E-state index contributed by atoms with van der Waals surface area (Å²) in [6.45, 7) is 1.03. The van der Waals surface area contributed by atoms with Gasteiger partial charge in [-0.05, 0) is 30.9 Å². The van der Waals surface area contributed by atoms with Gasteiger partial charge in [0, 0.05) is 19.6 Å². The van der Waals surface area contributed by atoms with Gasteiger partial charge in [-0.3, -0.25) is 0 Å². The normalized spacial score (nSPS) is 16.4. The Morgan fingerprint density at radius 1 is 1.23 bits per heavy atom. The molecule has 0 spiro atoms. The van der Waals surface area contributed by atoms with Gasteiger partial charge in [-0.2, -0.15) is 0 Å². The molecule has 0 saturated heterocycles. The number of aryl methyl sites for hydroxylation is 2. The number of rotatable bonds is 6. The van der Waals surface area contributed by atoms with Crippen molar-refractivity contribution in [3.8, 4) is 0 Å². The van der Waals surface area contributed by atoms with Gasteiger partial charge < -0.3 is 15.4 Å². The Balaban J connectivity index is 1.81. The maximum atomic E-state index is 9.16. The van der Waals surface area contributed by atoms with Gasteiger partial charge in [0.15, 0.2) is 0 Å². The lowest BCUT2D eigenvalue weighted by Gasteiger charge is -2.21. The van der Waals surface area contributed by atoms with E-state index in [1.54, 1.807) is 0 Å². The zero-order valence-electron chi connectivity index (χ0n) is 13.3. The summed E-state index contributed by atoms with van der Waals surface area (Å²) in [6, 6.07) is 5.98. The highest BCUT2D eigenvalue weighted by molar-refractivity contribution is 5.87. The highest BCUT2D eigenvalue weighted by Crippen LogP contribution is 2.29. The minimum Gasteiger partial charge on any atom is -0.397 e. The Morgan fingerprint density at radius 2 is 2.05 bits per heavy atom. The van der Waals surface area contributed by atoms with Crippen LogP contribution in [0.5, 0.6) is 0 Å². The first-order valence-corrected chi connectivity index (χ1v) is 8.64. The van der Waals surface area contributed by atoms with Crippen molar-refractivity contribution in [2.75, 3.05) is 12.3 Å². The van der Waals surface area contributed by atoms with Crippen LogP contribution in [-0.4, -0.2) is 21.3 Å². The predicted molar refractivity (Wildman–Crippen MR) is 90.7 cm³/mol. The number of hydrogen-bond donors (Lipinski definition) is 2. The number of nitrogens with two attached hydrogens (primary N) is 1. The average Bonchev–Trinajstić information content (AvgIpc) is 2.91. The van der Waals surface area contributed by atoms with Gasteiger partial charge in [0.1, 0.15) is 11.3 Å². The summed E-state index contributed by atoms with van der Waals surface area (Å²) in [6.07, 6.45) is 9.93. The fraction of sp³-hybridized carbons (Fsp3) is 0.611. The molecule has 1 fully saturated rings. The summed E-state index contributed by atoms with van der Waals surface area (Å²) in [5, 5.41) is 9.16. The molecule has 0 unspecified atom stereocenters. The summed E-state index contributed by atoms with van der Waals surface area (Å²) in [7, 11) is 0. The molecule has 0 amide bonds. The van der Waals surface area contributed by atoms with Crippen LogP contribution in [0.25, 0.3) is 11.0 Å². The van der Waals surface area contributed by atoms with E-state index < -0.39 is 0 Å². The van der Waals surface area contributed by atoms with Crippen molar-refractivity contribution in [2.45, 2.75) is 57.9 Å². The molecule has 4 heteroatoms. The molecule has 1 aliphatic rings. The van der Waals surface area contributed by atoms with Crippen molar-refractivity contribution < 1.29 is 5.11 Å². The van der Waals surface area contributed by atoms with Crippen LogP contribution in [-0.2, 0) is 13.0 Å². The van der Waals surface area contributed by atoms with E-state index in [9.17, 15) is 0 Å². The van der Waals surface area contributed by atoms with E-state index in [0.29, 0.717) is 0 Å². The second-order valence-electron chi connectivity index (χ2n) is 6.51. The summed E-state index contributed by atoms with van der Waals surface area (Å²) in [5.41, 5.74) is 8.85. The Labute approximate surface area is 132 Å². The lowest BCUT2D eigenvalue weighted by Crippen LogP contribution is -2.11. The van der Waals surface area contributed by atoms with E-state index in [4.69, 9.17) is 15.8 Å². The smallest absolute Gasteiger partial charge is 0.112 e. The SMILES string of the molecule is Nc1cccc2c1nc(CCC1CCCCC1)n2CCCO. The number of nitrogen functional groups attached to an aromatic ring is 1. The van der Waals surface area contributed by atoms with Gasteiger partial charge in [0.05, 0.1) is 11.2 Å². The molecule has 2 aromatic rings. The maximum absolute atomic E-state index is 9.16. The van der Waals surface area contributed by atoms with Crippen molar-refractivity contribution in [1.29, 1.82) is 0 Å². The molecule has 1 heterocycles. The standard InChI is InChI=1S/C18H27N3O/c19-15-8-4-9-16-18(15)20-17(21(16)12-5-13-22)11-10-14-6-2-1-3-7-14/h4,8-9,14,22H,1-3,5-7,10-13,19H2. The highest BCUT2D eigenvalue weighted by atomic mass is 16.3. The van der Waals surface area contributed by atoms with Gasteiger partial charge in [0.25, 0.3) is 0 Å². The average molecular weight is 301 g/mol. The Bertz CT molecular complexity index is 614. The highest BCUT2D eigenvalue weighted by Gasteiger charge is 2.17. The number of nitrogens with zero attached hydrogens (tertiary/aromatic N) is 2. The number of benzene rings is 1. The number of imidazole rings is 1. The van der Waals surface area contributed by atoms with Crippen molar-refractivity contribution in [3.05, 3.63) is 24.0 Å². The molecule has 4 nitrogen and oxygen atoms in total. The third-order valence-corrected chi connectivity index (χ3v) is 4.93. The molecule has 120 valence electrons. The van der Waals surface area contributed by atoms with Crippen LogP contribution in [0.3, 0.4) is 0 Å². The van der Waals surface area contributed by atoms with Crippen LogP contribution in [0.4, 0.5) is 5.69 Å². The van der Waals surface area contributed by atoms with Crippen molar-refractivity contribution in [2.24, 2.45) is 5.92 Å². The number of hydrogen-bond acceptors (Lipinski definition) is 3. The molecule has 3 rings (SSSR count). The molecule has 22 heavy (non-hydrogen) atoms. The molecule has 0 bridgehead atoms. The molecule has 0 radical (unpaired) electrons. The molecule has 3 N–H and O–H groups in total. The quantitative estimate of drug-likeness (QED) is 0.802. The van der Waals surface area contributed by atoms with Crippen LogP contribution in [0.15, 0.2) is 18.2 Å². The third-order valence-electron chi connectivity index (χ3n) is 4.93. The topological polar surface area (TPSA) is 64.1 Å². The lowest BCUT2D eigenvalue weighted by atomic mass is 9.86. The Kier molecular flexibility index (Phi) is 4.98. The Hall–Kier alpha value is -1.55. The minimum absolute atomic E-state index is 0.212. The van der Waals surface area contributed by atoms with E-state index in [2.05, 4.69) is 10.6 Å². The van der Waals surface area contributed by atoms with Crippen LogP contribution in [0.2, 0.25) is 0 Å². The van der Waals surface area contributed by atoms with Gasteiger partial charge in [0.2, 0.25) is 0 Å². The van der Waals surface area contributed by atoms with Crippen LogP contribution < -0.4 is 5.73 Å². The van der Waals surface area contributed by atoms with E-state index in [1.807, 2.05) is 12.1 Å². The summed E-state index contributed by atoms with van der Waals surface area (Å²) in [4.78, 5) is 4.81.